The molecule has 0 aromatic heterocycles. The second kappa shape index (κ2) is 4.83. The molecule has 2 aliphatic carbocycles. The molecule has 2 bridgehead atoms. The van der Waals surface area contributed by atoms with Gasteiger partial charge in [-0.3, -0.25) is 0 Å². The molecule has 0 radical (unpaired) electrons. The van der Waals surface area contributed by atoms with Crippen LogP contribution in [0.5, 0.6) is 0 Å². The topological polar surface area (TPSA) is 46.2 Å². The van der Waals surface area contributed by atoms with Gasteiger partial charge in [0.15, 0.2) is 0 Å². The number of benzene rings is 1. The predicted octanol–water partition coefficient (Wildman–Crippen LogP) is 3.39. The van der Waals surface area contributed by atoms with Gasteiger partial charge in [-0.15, -0.1) is 0 Å². The van der Waals surface area contributed by atoms with Gasteiger partial charge in [0, 0.05) is 16.4 Å². The van der Waals surface area contributed by atoms with Crippen molar-refractivity contribution in [3.05, 3.63) is 34.1 Å². The number of rotatable bonds is 3. The van der Waals surface area contributed by atoms with Crippen LogP contribution < -0.4 is 5.73 Å². The molecule has 0 aliphatic heterocycles. The minimum absolute atomic E-state index is 0.265. The van der Waals surface area contributed by atoms with E-state index in [1.165, 1.54) is 25.0 Å². The van der Waals surface area contributed by atoms with E-state index in [0.29, 0.717) is 23.9 Å². The molecular weight excluding hydrogens is 309 g/mol. The van der Waals surface area contributed by atoms with Gasteiger partial charge in [-0.25, -0.2) is 4.39 Å². The normalized spacial score (nSPS) is 34.7. The summed E-state index contributed by atoms with van der Waals surface area (Å²) >= 11 is 3.42. The Labute approximate surface area is 121 Å². The molecule has 3 N–H and O–H groups in total. The van der Waals surface area contributed by atoms with E-state index in [2.05, 4.69) is 15.9 Å². The predicted molar refractivity (Wildman–Crippen MR) is 76.0 cm³/mol. The van der Waals surface area contributed by atoms with Crippen molar-refractivity contribution in [2.24, 2.45) is 23.0 Å². The monoisotopic (exact) mass is 327 g/mol. The van der Waals surface area contributed by atoms with E-state index in [4.69, 9.17) is 5.73 Å². The van der Waals surface area contributed by atoms with Crippen LogP contribution in [0.3, 0.4) is 0 Å². The number of hydrogen-bond acceptors (Lipinski definition) is 2. The van der Waals surface area contributed by atoms with Gasteiger partial charge in [-0.1, -0.05) is 22.4 Å². The van der Waals surface area contributed by atoms with E-state index in [1.54, 1.807) is 6.07 Å². The average molecular weight is 328 g/mol. The molecular formula is C15H19BrFNO. The number of aliphatic hydroxyl groups is 1. The summed E-state index contributed by atoms with van der Waals surface area (Å²) in [7, 11) is 0. The molecule has 3 rings (SSSR count). The van der Waals surface area contributed by atoms with Crippen molar-refractivity contribution in [1.82, 2.24) is 0 Å². The quantitative estimate of drug-likeness (QED) is 0.893. The lowest BCUT2D eigenvalue weighted by Gasteiger charge is -2.41. The van der Waals surface area contributed by atoms with Crippen molar-refractivity contribution >= 4 is 15.9 Å². The van der Waals surface area contributed by atoms with Gasteiger partial charge in [-0.2, -0.15) is 0 Å². The van der Waals surface area contributed by atoms with E-state index in [-0.39, 0.29) is 11.2 Å². The first-order valence-corrected chi connectivity index (χ1v) is 7.69. The minimum atomic E-state index is -0.683. The first kappa shape index (κ1) is 13.5. The first-order chi connectivity index (χ1) is 9.06. The van der Waals surface area contributed by atoms with Crippen molar-refractivity contribution in [1.29, 1.82) is 0 Å². The standard InChI is InChI=1S/C15H19BrFNO/c16-13-4-3-11(17)6-12(13)14(19)15(8-18)7-9-1-2-10(15)5-9/h3-4,6,9-10,14,19H,1-2,5,7-8,18H2. The number of nitrogens with two attached hydrogens (primary N) is 1. The average Bonchev–Trinajstić information content (AvgIpc) is 3.01. The van der Waals surface area contributed by atoms with Crippen LogP contribution in [-0.4, -0.2) is 11.7 Å². The Morgan fingerprint density at radius 2 is 2.26 bits per heavy atom. The molecule has 2 fully saturated rings. The zero-order valence-corrected chi connectivity index (χ0v) is 12.4. The van der Waals surface area contributed by atoms with Gasteiger partial charge in [0.2, 0.25) is 0 Å². The lowest BCUT2D eigenvalue weighted by molar-refractivity contribution is -0.0136. The Bertz CT molecular complexity index is 495. The maximum Gasteiger partial charge on any atom is 0.123 e. The fourth-order valence-electron chi connectivity index (χ4n) is 4.22. The summed E-state index contributed by atoms with van der Waals surface area (Å²) < 4.78 is 14.2. The molecule has 1 aromatic rings. The van der Waals surface area contributed by atoms with Crippen molar-refractivity contribution in [2.45, 2.75) is 31.8 Å². The molecule has 2 aliphatic rings. The summed E-state index contributed by atoms with van der Waals surface area (Å²) in [6.45, 7) is 0.471. The molecule has 2 saturated carbocycles. The number of fused-ring (bicyclic) bond motifs is 2. The summed E-state index contributed by atoms with van der Waals surface area (Å²) in [6, 6.07) is 4.49. The first-order valence-electron chi connectivity index (χ1n) is 6.90. The third kappa shape index (κ3) is 2.05. The smallest absolute Gasteiger partial charge is 0.123 e. The zero-order chi connectivity index (χ0) is 13.6. The second-order valence-corrected chi connectivity index (χ2v) is 6.94. The van der Waals surface area contributed by atoms with Crippen molar-refractivity contribution in [3.63, 3.8) is 0 Å². The van der Waals surface area contributed by atoms with Gasteiger partial charge < -0.3 is 10.8 Å². The van der Waals surface area contributed by atoms with Gasteiger partial charge in [0.05, 0.1) is 6.10 Å². The van der Waals surface area contributed by atoms with Gasteiger partial charge >= 0.3 is 0 Å². The van der Waals surface area contributed by atoms with E-state index in [1.807, 2.05) is 0 Å². The molecule has 1 aromatic carbocycles. The number of hydrogen-bond donors (Lipinski definition) is 2. The van der Waals surface area contributed by atoms with Crippen LogP contribution in [0.2, 0.25) is 0 Å². The van der Waals surface area contributed by atoms with E-state index in [0.717, 1.165) is 17.3 Å². The number of halogens is 2. The molecule has 4 heteroatoms. The largest absolute Gasteiger partial charge is 0.388 e. The zero-order valence-electron chi connectivity index (χ0n) is 10.8. The summed E-state index contributed by atoms with van der Waals surface area (Å²) in [5.74, 6) is 0.857. The molecule has 4 unspecified atom stereocenters. The molecule has 0 heterocycles. The van der Waals surface area contributed by atoms with Crippen molar-refractivity contribution in [2.75, 3.05) is 6.54 Å². The third-order valence-corrected chi connectivity index (χ3v) is 5.92. The summed E-state index contributed by atoms with van der Waals surface area (Å²) in [5, 5.41) is 10.8. The highest BCUT2D eigenvalue weighted by molar-refractivity contribution is 9.10. The van der Waals surface area contributed by atoms with Crippen LogP contribution in [0.4, 0.5) is 4.39 Å². The Kier molecular flexibility index (Phi) is 3.44. The van der Waals surface area contributed by atoms with Crippen LogP contribution in [0.15, 0.2) is 22.7 Å². The molecule has 0 spiro atoms. The molecule has 104 valence electrons. The SMILES string of the molecule is NCC1(C(O)c2cc(F)ccc2Br)CC2CCC1C2. The highest BCUT2D eigenvalue weighted by atomic mass is 79.9. The van der Waals surface area contributed by atoms with Crippen LogP contribution in [0.1, 0.15) is 37.4 Å². The molecule has 19 heavy (non-hydrogen) atoms. The summed E-state index contributed by atoms with van der Waals surface area (Å²) in [6.07, 6.45) is 3.85. The molecule has 2 nitrogen and oxygen atoms in total. The van der Waals surface area contributed by atoms with Gasteiger partial charge in [0.25, 0.3) is 0 Å². The summed E-state index contributed by atoms with van der Waals surface area (Å²) in [4.78, 5) is 0. The molecule has 0 amide bonds. The Balaban J connectivity index is 1.98. The van der Waals surface area contributed by atoms with Gasteiger partial charge in [-0.05, 0) is 54.9 Å². The minimum Gasteiger partial charge on any atom is -0.388 e. The van der Waals surface area contributed by atoms with E-state index < -0.39 is 6.10 Å². The van der Waals surface area contributed by atoms with Crippen LogP contribution >= 0.6 is 15.9 Å². The van der Waals surface area contributed by atoms with Crippen LogP contribution in [0, 0.1) is 23.1 Å². The Morgan fingerprint density at radius 3 is 2.84 bits per heavy atom. The van der Waals surface area contributed by atoms with Gasteiger partial charge in [0.1, 0.15) is 5.82 Å². The van der Waals surface area contributed by atoms with Crippen molar-refractivity contribution < 1.29 is 9.50 Å². The molecule has 4 atom stereocenters. The fourth-order valence-corrected chi connectivity index (χ4v) is 4.68. The summed E-state index contributed by atoms with van der Waals surface area (Å²) in [5.41, 5.74) is 6.39. The highest BCUT2D eigenvalue weighted by Crippen LogP contribution is 2.60. The van der Waals surface area contributed by atoms with E-state index >= 15 is 0 Å². The maximum absolute atomic E-state index is 13.4. The Hall–Kier alpha value is -0.450. The van der Waals surface area contributed by atoms with E-state index in [9.17, 15) is 9.50 Å². The highest BCUT2D eigenvalue weighted by Gasteiger charge is 2.54. The van der Waals surface area contributed by atoms with Crippen LogP contribution in [0.25, 0.3) is 0 Å². The maximum atomic E-state index is 13.4. The lowest BCUT2D eigenvalue weighted by Crippen LogP contribution is -2.41. The Morgan fingerprint density at radius 1 is 1.47 bits per heavy atom. The number of aliphatic hydroxyl groups excluding tert-OH is 1. The third-order valence-electron chi connectivity index (χ3n) is 5.20. The second-order valence-electron chi connectivity index (χ2n) is 6.09. The van der Waals surface area contributed by atoms with Crippen LogP contribution in [-0.2, 0) is 0 Å². The fraction of sp³-hybridized carbons (Fsp3) is 0.600. The molecule has 0 saturated heterocycles. The van der Waals surface area contributed by atoms with Crippen molar-refractivity contribution in [3.8, 4) is 0 Å². The lowest BCUT2D eigenvalue weighted by atomic mass is 9.67.